The number of amides is 1. The van der Waals surface area contributed by atoms with Crippen LogP contribution in [0.5, 0.6) is 5.88 Å². The number of nitrogens with two attached hydrogens (primary N) is 1. The van der Waals surface area contributed by atoms with Crippen molar-refractivity contribution in [3.8, 4) is 17.1 Å². The molecule has 0 bridgehead atoms. The highest BCUT2D eigenvalue weighted by Crippen LogP contribution is 2.27. The third-order valence-corrected chi connectivity index (χ3v) is 4.76. The van der Waals surface area contributed by atoms with Crippen molar-refractivity contribution in [3.63, 3.8) is 0 Å². The molecule has 3 rings (SSSR count). The van der Waals surface area contributed by atoms with Crippen LogP contribution in [0, 0.1) is 18.2 Å². The summed E-state index contributed by atoms with van der Waals surface area (Å²) >= 11 is 0. The van der Waals surface area contributed by atoms with Crippen molar-refractivity contribution in [2.45, 2.75) is 27.4 Å². The third-order valence-electron chi connectivity index (χ3n) is 4.76. The SMILES string of the molecule is Cc1onc(-c2ccc(F)cc2)c1COc1cc(C(=O)OCC(C)(C)C(N)=O)n(C)n1. The predicted molar refractivity (Wildman–Crippen MR) is 107 cm³/mol. The first-order valence-corrected chi connectivity index (χ1v) is 9.43. The van der Waals surface area contributed by atoms with Crippen molar-refractivity contribution < 1.29 is 28.0 Å². The highest BCUT2D eigenvalue weighted by atomic mass is 19.1. The lowest BCUT2D eigenvalue weighted by molar-refractivity contribution is -0.128. The van der Waals surface area contributed by atoms with E-state index in [0.717, 1.165) is 0 Å². The number of carbonyl (C=O) groups excluding carboxylic acids is 2. The Morgan fingerprint density at radius 2 is 1.94 bits per heavy atom. The van der Waals surface area contributed by atoms with Gasteiger partial charge in [0.05, 0.1) is 11.0 Å². The van der Waals surface area contributed by atoms with Gasteiger partial charge in [-0.25, -0.2) is 9.18 Å². The molecular formula is C21H23FN4O5. The Balaban J connectivity index is 1.70. The van der Waals surface area contributed by atoms with Gasteiger partial charge in [0.25, 0.3) is 0 Å². The molecule has 0 fully saturated rings. The summed E-state index contributed by atoms with van der Waals surface area (Å²) in [6.45, 7) is 4.81. The number of halogens is 1. The molecule has 10 heteroatoms. The summed E-state index contributed by atoms with van der Waals surface area (Å²) in [6.07, 6.45) is 0. The summed E-state index contributed by atoms with van der Waals surface area (Å²) in [6, 6.07) is 7.29. The van der Waals surface area contributed by atoms with Crippen LogP contribution in [0.25, 0.3) is 11.3 Å². The van der Waals surface area contributed by atoms with E-state index in [9.17, 15) is 14.0 Å². The fourth-order valence-corrected chi connectivity index (χ4v) is 2.64. The molecule has 2 N–H and O–H groups in total. The molecule has 0 aliphatic heterocycles. The monoisotopic (exact) mass is 430 g/mol. The van der Waals surface area contributed by atoms with Crippen LogP contribution in [0.2, 0.25) is 0 Å². The van der Waals surface area contributed by atoms with Crippen LogP contribution in [-0.2, 0) is 23.2 Å². The average Bonchev–Trinajstić information content (AvgIpc) is 3.27. The standard InChI is InChI=1S/C21H23FN4O5/c1-12-15(18(25-31-12)13-5-7-14(22)8-6-13)10-29-17-9-16(26(4)24-17)19(27)30-11-21(2,3)20(23)28/h5-9H,10-11H2,1-4H3,(H2,23,28). The highest BCUT2D eigenvalue weighted by molar-refractivity contribution is 5.88. The molecule has 0 radical (unpaired) electrons. The van der Waals surface area contributed by atoms with Crippen LogP contribution in [-0.4, -0.2) is 33.4 Å². The van der Waals surface area contributed by atoms with E-state index in [-0.39, 0.29) is 30.6 Å². The molecule has 1 amide bonds. The Bertz CT molecular complexity index is 1100. The number of nitrogens with zero attached hydrogens (tertiary/aromatic N) is 3. The van der Waals surface area contributed by atoms with Gasteiger partial charge < -0.3 is 19.7 Å². The minimum absolute atomic E-state index is 0.0717. The summed E-state index contributed by atoms with van der Waals surface area (Å²) < 4.78 is 30.7. The lowest BCUT2D eigenvalue weighted by Crippen LogP contribution is -2.36. The van der Waals surface area contributed by atoms with E-state index in [2.05, 4.69) is 10.3 Å². The highest BCUT2D eigenvalue weighted by Gasteiger charge is 2.28. The van der Waals surface area contributed by atoms with Crippen LogP contribution in [0.15, 0.2) is 34.9 Å². The summed E-state index contributed by atoms with van der Waals surface area (Å²) in [5.74, 6) is -0.852. The number of rotatable bonds is 8. The maximum absolute atomic E-state index is 13.2. The van der Waals surface area contributed by atoms with Gasteiger partial charge in [0.2, 0.25) is 11.8 Å². The number of carbonyl (C=O) groups is 2. The van der Waals surface area contributed by atoms with Gasteiger partial charge in [0, 0.05) is 18.7 Å². The topological polar surface area (TPSA) is 122 Å². The summed E-state index contributed by atoms with van der Waals surface area (Å²) in [5.41, 5.74) is 6.33. The number of primary amides is 1. The minimum Gasteiger partial charge on any atom is -0.471 e. The molecule has 0 saturated carbocycles. The van der Waals surface area contributed by atoms with Crippen LogP contribution >= 0.6 is 0 Å². The Morgan fingerprint density at radius 3 is 2.58 bits per heavy atom. The van der Waals surface area contributed by atoms with Gasteiger partial charge in [-0.2, -0.15) is 0 Å². The Morgan fingerprint density at radius 1 is 1.26 bits per heavy atom. The Kier molecular flexibility index (Phi) is 6.09. The molecular weight excluding hydrogens is 407 g/mol. The molecule has 3 aromatic rings. The molecule has 164 valence electrons. The number of benzene rings is 1. The fraction of sp³-hybridized carbons (Fsp3) is 0.333. The number of hydrogen-bond donors (Lipinski definition) is 1. The Hall–Kier alpha value is -3.69. The van der Waals surface area contributed by atoms with E-state index >= 15 is 0 Å². The van der Waals surface area contributed by atoms with E-state index in [4.69, 9.17) is 19.7 Å². The van der Waals surface area contributed by atoms with Crippen LogP contribution < -0.4 is 10.5 Å². The van der Waals surface area contributed by atoms with E-state index in [1.54, 1.807) is 40.0 Å². The van der Waals surface area contributed by atoms with Crippen LogP contribution in [0.1, 0.15) is 35.7 Å². The number of aromatic nitrogens is 3. The molecule has 2 heterocycles. The third kappa shape index (κ3) is 4.90. The molecule has 9 nitrogen and oxygen atoms in total. The second-order valence-electron chi connectivity index (χ2n) is 7.68. The van der Waals surface area contributed by atoms with Crippen molar-refractivity contribution in [3.05, 3.63) is 53.2 Å². The largest absolute Gasteiger partial charge is 0.471 e. The number of esters is 1. The minimum atomic E-state index is -0.990. The van der Waals surface area contributed by atoms with Gasteiger partial charge in [0.1, 0.15) is 36.2 Å². The first-order chi connectivity index (χ1) is 14.6. The zero-order valence-corrected chi connectivity index (χ0v) is 17.6. The predicted octanol–water partition coefficient (Wildman–Crippen LogP) is 2.77. The number of ether oxygens (including phenoxy) is 2. The van der Waals surface area contributed by atoms with Gasteiger partial charge in [-0.1, -0.05) is 5.16 Å². The molecule has 2 aromatic heterocycles. The van der Waals surface area contributed by atoms with Gasteiger partial charge in [-0.05, 0) is 45.0 Å². The lowest BCUT2D eigenvalue weighted by Gasteiger charge is -2.19. The summed E-state index contributed by atoms with van der Waals surface area (Å²) in [4.78, 5) is 23.7. The quantitative estimate of drug-likeness (QED) is 0.545. The first kappa shape index (κ1) is 22.0. The van der Waals surface area contributed by atoms with Crippen molar-refractivity contribution in [2.24, 2.45) is 18.2 Å². The van der Waals surface area contributed by atoms with Crippen molar-refractivity contribution in [1.29, 1.82) is 0 Å². The summed E-state index contributed by atoms with van der Waals surface area (Å²) in [5, 5.41) is 8.18. The molecule has 0 atom stereocenters. The van der Waals surface area contributed by atoms with E-state index in [0.29, 0.717) is 22.6 Å². The zero-order valence-electron chi connectivity index (χ0n) is 17.6. The normalized spacial score (nSPS) is 11.4. The van der Waals surface area contributed by atoms with Crippen molar-refractivity contribution in [1.82, 2.24) is 14.9 Å². The lowest BCUT2D eigenvalue weighted by atomic mass is 9.94. The molecule has 0 saturated heterocycles. The second-order valence-corrected chi connectivity index (χ2v) is 7.68. The van der Waals surface area contributed by atoms with E-state index in [1.807, 2.05) is 0 Å². The van der Waals surface area contributed by atoms with E-state index < -0.39 is 17.3 Å². The molecule has 0 aliphatic rings. The van der Waals surface area contributed by atoms with Gasteiger partial charge in [0.15, 0.2) is 0 Å². The van der Waals surface area contributed by atoms with Crippen LogP contribution in [0.4, 0.5) is 4.39 Å². The summed E-state index contributed by atoms with van der Waals surface area (Å²) in [7, 11) is 1.57. The van der Waals surface area contributed by atoms with E-state index in [1.165, 1.54) is 22.9 Å². The second kappa shape index (κ2) is 8.58. The van der Waals surface area contributed by atoms with Crippen LogP contribution in [0.3, 0.4) is 0 Å². The molecule has 1 aromatic carbocycles. The maximum atomic E-state index is 13.2. The molecule has 0 unspecified atom stereocenters. The molecule has 31 heavy (non-hydrogen) atoms. The fourth-order valence-electron chi connectivity index (χ4n) is 2.64. The first-order valence-electron chi connectivity index (χ1n) is 9.43. The van der Waals surface area contributed by atoms with Crippen molar-refractivity contribution in [2.75, 3.05) is 6.61 Å². The molecule has 0 spiro atoms. The zero-order chi connectivity index (χ0) is 22.8. The Labute approximate surface area is 177 Å². The smallest absolute Gasteiger partial charge is 0.356 e. The van der Waals surface area contributed by atoms with Gasteiger partial charge in [-0.15, -0.1) is 5.10 Å². The number of hydrogen-bond acceptors (Lipinski definition) is 7. The van der Waals surface area contributed by atoms with Crippen molar-refractivity contribution >= 4 is 11.9 Å². The molecule has 0 aliphatic carbocycles. The van der Waals surface area contributed by atoms with Gasteiger partial charge >= 0.3 is 5.97 Å². The number of aryl methyl sites for hydroxylation is 2. The average molecular weight is 430 g/mol. The van der Waals surface area contributed by atoms with Gasteiger partial charge in [-0.3, -0.25) is 9.48 Å². The maximum Gasteiger partial charge on any atom is 0.356 e.